The van der Waals surface area contributed by atoms with Crippen LogP contribution in [0, 0.1) is 18.8 Å². The number of benzene rings is 1. The minimum Gasteiger partial charge on any atom is -0.352 e. The van der Waals surface area contributed by atoms with Crippen molar-refractivity contribution in [1.29, 1.82) is 0 Å². The molecule has 0 heterocycles. The van der Waals surface area contributed by atoms with E-state index in [9.17, 15) is 9.59 Å². The summed E-state index contributed by atoms with van der Waals surface area (Å²) >= 11 is 0. The highest BCUT2D eigenvalue weighted by molar-refractivity contribution is 5.93. The van der Waals surface area contributed by atoms with E-state index < -0.39 is 0 Å². The summed E-state index contributed by atoms with van der Waals surface area (Å²) in [4.78, 5) is 24.3. The monoisotopic (exact) mass is 300 g/mol. The van der Waals surface area contributed by atoms with Gasteiger partial charge in [0.25, 0.3) is 0 Å². The average molecular weight is 300 g/mol. The normalized spacial score (nSPS) is 21.0. The first-order valence-corrected chi connectivity index (χ1v) is 7.87. The summed E-state index contributed by atoms with van der Waals surface area (Å²) in [6.45, 7) is 6.08. The molecule has 1 fully saturated rings. The lowest BCUT2D eigenvalue weighted by Crippen LogP contribution is -2.35. The van der Waals surface area contributed by atoms with E-state index >= 15 is 0 Å². The van der Waals surface area contributed by atoms with Gasteiger partial charge in [-0.25, -0.2) is 0 Å². The molecule has 1 aromatic rings. The standard InChI is InChI=1S/C18H24N2O2/c1-3-12-19-17(21)14-8-10-15(11-9-14)18(22)20-16-7-5-4-6-13(16)2/h3-7,14-15H,1,8-12H2,2H3,(H,19,21)(H,20,22). The predicted octanol–water partition coefficient (Wildman–Crippen LogP) is 3.04. The molecular weight excluding hydrogens is 276 g/mol. The Bertz CT molecular complexity index is 546. The number of para-hydroxylation sites is 1. The molecule has 0 aliphatic heterocycles. The Labute approximate surface area is 132 Å². The Hall–Kier alpha value is -2.10. The van der Waals surface area contributed by atoms with E-state index in [1.807, 2.05) is 31.2 Å². The van der Waals surface area contributed by atoms with Crippen LogP contribution in [0.4, 0.5) is 5.69 Å². The van der Waals surface area contributed by atoms with Crippen LogP contribution in [0.2, 0.25) is 0 Å². The van der Waals surface area contributed by atoms with Crippen LogP contribution in [0.25, 0.3) is 0 Å². The van der Waals surface area contributed by atoms with Crippen molar-refractivity contribution in [3.05, 3.63) is 42.5 Å². The van der Waals surface area contributed by atoms with Crippen LogP contribution >= 0.6 is 0 Å². The molecule has 0 aromatic heterocycles. The molecule has 0 radical (unpaired) electrons. The van der Waals surface area contributed by atoms with E-state index in [0.29, 0.717) is 6.54 Å². The SMILES string of the molecule is C=CCNC(=O)C1CCC(C(=O)Nc2ccccc2C)CC1. The van der Waals surface area contributed by atoms with Gasteiger partial charge in [-0.15, -0.1) is 6.58 Å². The summed E-state index contributed by atoms with van der Waals surface area (Å²) < 4.78 is 0. The van der Waals surface area contributed by atoms with Crippen LogP contribution in [-0.2, 0) is 9.59 Å². The van der Waals surface area contributed by atoms with Crippen LogP contribution in [0.15, 0.2) is 36.9 Å². The number of hydrogen-bond donors (Lipinski definition) is 2. The molecule has 4 heteroatoms. The number of carbonyl (C=O) groups is 2. The molecule has 0 bridgehead atoms. The van der Waals surface area contributed by atoms with E-state index in [1.54, 1.807) is 6.08 Å². The van der Waals surface area contributed by atoms with Gasteiger partial charge in [0, 0.05) is 24.1 Å². The fourth-order valence-corrected chi connectivity index (χ4v) is 2.88. The highest BCUT2D eigenvalue weighted by atomic mass is 16.2. The molecule has 0 unspecified atom stereocenters. The maximum absolute atomic E-state index is 12.3. The van der Waals surface area contributed by atoms with Crippen molar-refractivity contribution in [2.75, 3.05) is 11.9 Å². The second kappa shape index (κ2) is 7.78. The molecule has 118 valence electrons. The second-order valence-corrected chi connectivity index (χ2v) is 5.89. The van der Waals surface area contributed by atoms with E-state index in [2.05, 4.69) is 17.2 Å². The van der Waals surface area contributed by atoms with Gasteiger partial charge in [0.05, 0.1) is 0 Å². The molecular formula is C18H24N2O2. The van der Waals surface area contributed by atoms with E-state index in [1.165, 1.54) is 0 Å². The molecule has 0 spiro atoms. The molecule has 4 nitrogen and oxygen atoms in total. The molecule has 22 heavy (non-hydrogen) atoms. The number of anilines is 1. The number of rotatable bonds is 5. The zero-order valence-corrected chi connectivity index (χ0v) is 13.1. The summed E-state index contributed by atoms with van der Waals surface area (Å²) in [5.41, 5.74) is 1.94. The lowest BCUT2D eigenvalue weighted by atomic mass is 9.81. The minimum absolute atomic E-state index is 0.00283. The Kier molecular flexibility index (Phi) is 5.75. The summed E-state index contributed by atoms with van der Waals surface area (Å²) in [6.07, 6.45) is 4.76. The van der Waals surface area contributed by atoms with Gasteiger partial charge in [0.2, 0.25) is 11.8 Å². The van der Waals surface area contributed by atoms with Gasteiger partial charge in [-0.2, -0.15) is 0 Å². The molecule has 1 aliphatic rings. The van der Waals surface area contributed by atoms with E-state index in [0.717, 1.165) is 36.9 Å². The minimum atomic E-state index is 0.00283. The van der Waals surface area contributed by atoms with Gasteiger partial charge in [-0.05, 0) is 44.2 Å². The third-order valence-electron chi connectivity index (χ3n) is 4.29. The van der Waals surface area contributed by atoms with Gasteiger partial charge in [0.1, 0.15) is 0 Å². The van der Waals surface area contributed by atoms with Crippen molar-refractivity contribution < 1.29 is 9.59 Å². The van der Waals surface area contributed by atoms with E-state index in [4.69, 9.17) is 0 Å². The number of hydrogen-bond acceptors (Lipinski definition) is 2. The van der Waals surface area contributed by atoms with Gasteiger partial charge >= 0.3 is 0 Å². The van der Waals surface area contributed by atoms with Crippen molar-refractivity contribution >= 4 is 17.5 Å². The largest absolute Gasteiger partial charge is 0.352 e. The van der Waals surface area contributed by atoms with Gasteiger partial charge in [-0.3, -0.25) is 9.59 Å². The van der Waals surface area contributed by atoms with Crippen LogP contribution in [-0.4, -0.2) is 18.4 Å². The van der Waals surface area contributed by atoms with Crippen LogP contribution in [0.1, 0.15) is 31.2 Å². The first kappa shape index (κ1) is 16.3. The van der Waals surface area contributed by atoms with Gasteiger partial charge in [-0.1, -0.05) is 24.3 Å². The molecule has 2 N–H and O–H groups in total. The number of carbonyl (C=O) groups excluding carboxylic acids is 2. The predicted molar refractivity (Wildman–Crippen MR) is 88.5 cm³/mol. The summed E-state index contributed by atoms with van der Waals surface area (Å²) in [6, 6.07) is 7.78. The highest BCUT2D eigenvalue weighted by Gasteiger charge is 2.29. The number of aryl methyl sites for hydroxylation is 1. The maximum atomic E-state index is 12.3. The molecule has 1 aromatic carbocycles. The Morgan fingerprint density at radius 2 is 1.73 bits per heavy atom. The molecule has 0 saturated heterocycles. The lowest BCUT2D eigenvalue weighted by Gasteiger charge is -2.27. The molecule has 2 rings (SSSR count). The first-order chi connectivity index (χ1) is 10.6. The molecule has 0 atom stereocenters. The molecule has 2 amide bonds. The summed E-state index contributed by atoms with van der Waals surface area (Å²) in [5.74, 6) is 0.183. The smallest absolute Gasteiger partial charge is 0.227 e. The molecule has 1 saturated carbocycles. The third kappa shape index (κ3) is 4.20. The van der Waals surface area contributed by atoms with Crippen molar-refractivity contribution in [2.45, 2.75) is 32.6 Å². The van der Waals surface area contributed by atoms with Crippen LogP contribution in [0.5, 0.6) is 0 Å². The van der Waals surface area contributed by atoms with Crippen molar-refractivity contribution in [2.24, 2.45) is 11.8 Å². The van der Waals surface area contributed by atoms with Crippen molar-refractivity contribution in [3.63, 3.8) is 0 Å². The summed E-state index contributed by atoms with van der Waals surface area (Å²) in [7, 11) is 0. The van der Waals surface area contributed by atoms with Crippen LogP contribution in [0.3, 0.4) is 0 Å². The van der Waals surface area contributed by atoms with Gasteiger partial charge < -0.3 is 10.6 Å². The Morgan fingerprint density at radius 1 is 1.14 bits per heavy atom. The zero-order valence-electron chi connectivity index (χ0n) is 13.1. The maximum Gasteiger partial charge on any atom is 0.227 e. The van der Waals surface area contributed by atoms with Crippen molar-refractivity contribution in [1.82, 2.24) is 5.32 Å². The fourth-order valence-electron chi connectivity index (χ4n) is 2.88. The average Bonchev–Trinajstić information content (AvgIpc) is 2.55. The van der Waals surface area contributed by atoms with Crippen molar-refractivity contribution in [3.8, 4) is 0 Å². The first-order valence-electron chi connectivity index (χ1n) is 7.87. The van der Waals surface area contributed by atoms with E-state index in [-0.39, 0.29) is 23.7 Å². The molecule has 1 aliphatic carbocycles. The Balaban J connectivity index is 1.83. The number of amides is 2. The quantitative estimate of drug-likeness (QED) is 0.821. The topological polar surface area (TPSA) is 58.2 Å². The third-order valence-corrected chi connectivity index (χ3v) is 4.29. The van der Waals surface area contributed by atoms with Crippen LogP contribution < -0.4 is 10.6 Å². The number of nitrogens with one attached hydrogen (secondary N) is 2. The van der Waals surface area contributed by atoms with Gasteiger partial charge in [0.15, 0.2) is 0 Å². The zero-order chi connectivity index (χ0) is 15.9. The summed E-state index contributed by atoms with van der Waals surface area (Å²) in [5, 5.41) is 5.84. The lowest BCUT2D eigenvalue weighted by molar-refractivity contribution is -0.128. The fraction of sp³-hybridized carbons (Fsp3) is 0.444. The highest BCUT2D eigenvalue weighted by Crippen LogP contribution is 2.30. The second-order valence-electron chi connectivity index (χ2n) is 5.89. The Morgan fingerprint density at radius 3 is 2.32 bits per heavy atom.